The first-order chi connectivity index (χ1) is 12.5. The van der Waals surface area contributed by atoms with E-state index in [0.29, 0.717) is 44.4 Å². The molecule has 1 fully saturated rings. The van der Waals surface area contributed by atoms with Crippen LogP contribution in [0.3, 0.4) is 0 Å². The number of carbonyl (C=O) groups excluding carboxylic acids is 1. The highest BCUT2D eigenvalue weighted by Crippen LogP contribution is 2.10. The monoisotopic (exact) mass is 361 g/mol. The van der Waals surface area contributed by atoms with E-state index < -0.39 is 0 Å². The van der Waals surface area contributed by atoms with Gasteiger partial charge in [0.05, 0.1) is 32.1 Å². The van der Waals surface area contributed by atoms with Crippen molar-refractivity contribution in [3.63, 3.8) is 0 Å². The van der Waals surface area contributed by atoms with Crippen LogP contribution in [0.4, 0.5) is 10.6 Å². The first-order valence-corrected chi connectivity index (χ1v) is 8.44. The van der Waals surface area contributed by atoms with Gasteiger partial charge in [0.15, 0.2) is 5.82 Å². The van der Waals surface area contributed by atoms with Gasteiger partial charge in [0.25, 0.3) is 5.56 Å². The van der Waals surface area contributed by atoms with E-state index in [2.05, 4.69) is 10.3 Å². The van der Waals surface area contributed by atoms with Crippen LogP contribution in [0, 0.1) is 0 Å². The Balaban J connectivity index is 1.55. The molecule has 3 rings (SSSR count). The Labute approximate surface area is 151 Å². The van der Waals surface area contributed by atoms with Gasteiger partial charge in [0.1, 0.15) is 5.76 Å². The van der Waals surface area contributed by atoms with Gasteiger partial charge in [-0.2, -0.15) is 0 Å². The van der Waals surface area contributed by atoms with Crippen molar-refractivity contribution in [2.24, 2.45) is 7.05 Å². The van der Waals surface area contributed by atoms with Crippen molar-refractivity contribution in [1.82, 2.24) is 19.8 Å². The van der Waals surface area contributed by atoms with Gasteiger partial charge in [0, 0.05) is 39.6 Å². The molecule has 9 heteroatoms. The Kier molecular flexibility index (Phi) is 5.57. The molecule has 1 N–H and O–H groups in total. The quantitative estimate of drug-likeness (QED) is 0.830. The molecule has 2 amide bonds. The average Bonchev–Trinajstić information content (AvgIpc) is 3.15. The molecular formula is C17H23N5O4. The number of amides is 2. The minimum atomic E-state index is -0.199. The van der Waals surface area contributed by atoms with Crippen molar-refractivity contribution in [3.8, 4) is 0 Å². The minimum Gasteiger partial charge on any atom is -0.467 e. The molecule has 26 heavy (non-hydrogen) atoms. The van der Waals surface area contributed by atoms with Crippen LogP contribution in [-0.2, 0) is 18.3 Å². The maximum absolute atomic E-state index is 12.3. The summed E-state index contributed by atoms with van der Waals surface area (Å²) in [5, 5.41) is 2.84. The lowest BCUT2D eigenvalue weighted by Crippen LogP contribution is -2.52. The van der Waals surface area contributed by atoms with Crippen LogP contribution >= 0.6 is 0 Å². The number of rotatable bonds is 5. The van der Waals surface area contributed by atoms with Gasteiger partial charge in [-0.1, -0.05) is 0 Å². The first kappa shape index (κ1) is 18.0. The minimum absolute atomic E-state index is 0.161. The van der Waals surface area contributed by atoms with E-state index >= 15 is 0 Å². The van der Waals surface area contributed by atoms with E-state index in [1.807, 2.05) is 6.07 Å². The van der Waals surface area contributed by atoms with Crippen molar-refractivity contribution in [3.05, 3.63) is 46.9 Å². The van der Waals surface area contributed by atoms with Gasteiger partial charge < -0.3 is 28.8 Å². The van der Waals surface area contributed by atoms with E-state index in [9.17, 15) is 9.59 Å². The molecule has 1 aliphatic rings. The lowest BCUT2D eigenvalue weighted by molar-refractivity contribution is -0.00922. The average molecular weight is 361 g/mol. The lowest BCUT2D eigenvalue weighted by atomic mass is 10.2. The maximum atomic E-state index is 12.3. The Bertz CT molecular complexity index is 789. The molecule has 0 radical (unpaired) electrons. The zero-order chi connectivity index (χ0) is 18.5. The largest absolute Gasteiger partial charge is 0.467 e. The Morgan fingerprint density at radius 1 is 1.50 bits per heavy atom. The summed E-state index contributed by atoms with van der Waals surface area (Å²) in [6.45, 7) is 2.23. The molecule has 1 aliphatic heterocycles. The zero-order valence-corrected chi connectivity index (χ0v) is 14.9. The van der Waals surface area contributed by atoms with Crippen molar-refractivity contribution < 1.29 is 13.9 Å². The Hall–Kier alpha value is -2.81. The number of hydrogen-bond donors (Lipinski definition) is 1. The third-order valence-corrected chi connectivity index (χ3v) is 4.26. The highest BCUT2D eigenvalue weighted by Gasteiger charge is 2.26. The number of urea groups is 1. The van der Waals surface area contributed by atoms with Gasteiger partial charge in [-0.25, -0.2) is 9.78 Å². The number of anilines is 1. The summed E-state index contributed by atoms with van der Waals surface area (Å²) in [4.78, 5) is 32.1. The normalized spacial score (nSPS) is 17.2. The fourth-order valence-corrected chi connectivity index (χ4v) is 2.84. The molecule has 0 unspecified atom stereocenters. The molecule has 2 aromatic heterocycles. The topological polar surface area (TPSA) is 92.8 Å². The first-order valence-electron chi connectivity index (χ1n) is 8.44. The summed E-state index contributed by atoms with van der Waals surface area (Å²) in [5.74, 6) is 1.06. The number of aromatic nitrogens is 2. The van der Waals surface area contributed by atoms with E-state index in [-0.39, 0.29) is 17.7 Å². The Morgan fingerprint density at radius 2 is 2.35 bits per heavy atom. The second kappa shape index (κ2) is 8.05. The molecule has 1 saturated heterocycles. The SMILES string of the molecule is CN(C[C@H]1CN(C(=O)NCc2ccco2)CCO1)c1nccn(C)c1=O. The van der Waals surface area contributed by atoms with Crippen LogP contribution in [-0.4, -0.2) is 59.9 Å². The van der Waals surface area contributed by atoms with E-state index in [0.717, 1.165) is 0 Å². The molecular weight excluding hydrogens is 338 g/mol. The summed E-state index contributed by atoms with van der Waals surface area (Å²) in [5.41, 5.74) is -0.168. The number of nitrogens with zero attached hydrogens (tertiary/aromatic N) is 4. The molecule has 9 nitrogen and oxygen atoms in total. The predicted octanol–water partition coefficient (Wildman–Crippen LogP) is 0.420. The van der Waals surface area contributed by atoms with Gasteiger partial charge in [-0.3, -0.25) is 4.79 Å². The second-order valence-corrected chi connectivity index (χ2v) is 6.22. The Morgan fingerprint density at radius 3 is 3.12 bits per heavy atom. The summed E-state index contributed by atoms with van der Waals surface area (Å²) < 4.78 is 12.4. The number of furan rings is 1. The van der Waals surface area contributed by atoms with Crippen molar-refractivity contribution >= 4 is 11.8 Å². The third kappa shape index (κ3) is 4.23. The van der Waals surface area contributed by atoms with Crippen LogP contribution in [0.1, 0.15) is 5.76 Å². The zero-order valence-electron chi connectivity index (χ0n) is 14.9. The van der Waals surface area contributed by atoms with Crippen LogP contribution in [0.2, 0.25) is 0 Å². The van der Waals surface area contributed by atoms with Crippen LogP contribution in [0.25, 0.3) is 0 Å². The van der Waals surface area contributed by atoms with Crippen molar-refractivity contribution in [2.45, 2.75) is 12.6 Å². The maximum Gasteiger partial charge on any atom is 0.317 e. The number of hydrogen-bond acceptors (Lipinski definition) is 6. The summed E-state index contributed by atoms with van der Waals surface area (Å²) in [6, 6.07) is 3.43. The van der Waals surface area contributed by atoms with E-state index in [4.69, 9.17) is 9.15 Å². The van der Waals surface area contributed by atoms with Crippen molar-refractivity contribution in [1.29, 1.82) is 0 Å². The standard InChI is InChI=1S/C17H23N5O4/c1-20-6-5-18-15(16(20)23)21(2)11-14-12-22(7-9-26-14)17(24)19-10-13-4-3-8-25-13/h3-6,8,14H,7,9-12H2,1-2H3,(H,19,24)/t14-/m0/s1. The predicted molar refractivity (Wildman–Crippen MR) is 95.0 cm³/mol. The molecule has 2 aromatic rings. The molecule has 0 spiro atoms. The van der Waals surface area contributed by atoms with Gasteiger partial charge >= 0.3 is 6.03 Å². The van der Waals surface area contributed by atoms with Crippen LogP contribution in [0.5, 0.6) is 0 Å². The highest BCUT2D eigenvalue weighted by molar-refractivity contribution is 5.74. The number of nitrogens with one attached hydrogen (secondary N) is 1. The van der Waals surface area contributed by atoms with Gasteiger partial charge in [0.2, 0.25) is 0 Å². The summed E-state index contributed by atoms with van der Waals surface area (Å²) >= 11 is 0. The highest BCUT2D eigenvalue weighted by atomic mass is 16.5. The fraction of sp³-hybridized carbons (Fsp3) is 0.471. The van der Waals surface area contributed by atoms with E-state index in [1.165, 1.54) is 4.57 Å². The number of aryl methyl sites for hydroxylation is 1. The molecule has 0 aliphatic carbocycles. The van der Waals surface area contributed by atoms with Crippen molar-refractivity contribution in [2.75, 3.05) is 38.2 Å². The molecule has 3 heterocycles. The molecule has 0 aromatic carbocycles. The van der Waals surface area contributed by atoms with Crippen LogP contribution in [0.15, 0.2) is 40.0 Å². The lowest BCUT2D eigenvalue weighted by Gasteiger charge is -2.34. The third-order valence-electron chi connectivity index (χ3n) is 4.26. The number of likely N-dealkylation sites (N-methyl/N-ethyl adjacent to an activating group) is 1. The van der Waals surface area contributed by atoms with Crippen LogP contribution < -0.4 is 15.8 Å². The number of carbonyl (C=O) groups is 1. The molecule has 140 valence electrons. The fourth-order valence-electron chi connectivity index (χ4n) is 2.84. The molecule has 0 saturated carbocycles. The van der Waals surface area contributed by atoms with Gasteiger partial charge in [-0.05, 0) is 12.1 Å². The number of morpholine rings is 1. The summed E-state index contributed by atoms with van der Waals surface area (Å²) in [7, 11) is 3.48. The second-order valence-electron chi connectivity index (χ2n) is 6.22. The van der Waals surface area contributed by atoms with Gasteiger partial charge in [-0.15, -0.1) is 0 Å². The molecule has 0 bridgehead atoms. The van der Waals surface area contributed by atoms with E-state index in [1.54, 1.807) is 48.6 Å². The molecule has 1 atom stereocenters. The summed E-state index contributed by atoms with van der Waals surface area (Å²) in [6.07, 6.45) is 4.57. The number of ether oxygens (including phenoxy) is 1. The smallest absolute Gasteiger partial charge is 0.317 e.